The summed E-state index contributed by atoms with van der Waals surface area (Å²) in [6.45, 7) is 0.320. The highest BCUT2D eigenvalue weighted by Gasteiger charge is 2.38. The van der Waals surface area contributed by atoms with E-state index < -0.39 is 6.04 Å². The molecule has 1 aliphatic rings. The van der Waals surface area contributed by atoms with E-state index in [2.05, 4.69) is 11.2 Å². The molecule has 1 saturated heterocycles. The van der Waals surface area contributed by atoms with Crippen molar-refractivity contribution < 1.29 is 9.59 Å². The predicted molar refractivity (Wildman–Crippen MR) is 91.3 cm³/mol. The quantitative estimate of drug-likeness (QED) is 0.845. The molecule has 0 saturated carbocycles. The Morgan fingerprint density at radius 1 is 1.44 bits per heavy atom. The molecule has 1 aromatic carbocycles. The van der Waals surface area contributed by atoms with Crippen molar-refractivity contribution in [1.82, 2.24) is 14.7 Å². The van der Waals surface area contributed by atoms with Crippen LogP contribution in [0.3, 0.4) is 0 Å². The molecule has 0 radical (unpaired) electrons. The van der Waals surface area contributed by atoms with Gasteiger partial charge in [-0.1, -0.05) is 12.1 Å². The lowest BCUT2D eigenvalue weighted by molar-refractivity contribution is -0.134. The van der Waals surface area contributed by atoms with Gasteiger partial charge in [0.15, 0.2) is 5.82 Å². The molecule has 1 aromatic heterocycles. The van der Waals surface area contributed by atoms with Gasteiger partial charge in [-0.3, -0.25) is 19.2 Å². The molecule has 2 aromatic rings. The molecule has 3 rings (SSSR count). The maximum atomic E-state index is 12.9. The van der Waals surface area contributed by atoms with E-state index in [1.54, 1.807) is 54.1 Å². The number of aromatic nitrogens is 2. The maximum Gasteiger partial charge on any atom is 0.250 e. The van der Waals surface area contributed by atoms with Gasteiger partial charge in [0.25, 0.3) is 5.91 Å². The number of likely N-dealkylation sites (N-methyl/N-ethyl adjacent to an activating group) is 1. The van der Waals surface area contributed by atoms with Gasteiger partial charge in [0.2, 0.25) is 5.91 Å². The van der Waals surface area contributed by atoms with Crippen LogP contribution in [0.25, 0.3) is 0 Å². The lowest BCUT2D eigenvalue weighted by atomic mass is 10.1. The van der Waals surface area contributed by atoms with Crippen molar-refractivity contribution in [2.24, 2.45) is 7.05 Å². The van der Waals surface area contributed by atoms with Crippen LogP contribution in [-0.4, -0.2) is 39.6 Å². The molecule has 2 amide bonds. The molecule has 128 valence electrons. The third-order valence-corrected chi connectivity index (χ3v) is 4.40. The highest BCUT2D eigenvalue weighted by molar-refractivity contribution is 5.99. The first-order valence-electron chi connectivity index (χ1n) is 8.05. The Morgan fingerprint density at radius 3 is 2.92 bits per heavy atom. The van der Waals surface area contributed by atoms with Crippen LogP contribution in [0.5, 0.6) is 0 Å². The van der Waals surface area contributed by atoms with E-state index in [9.17, 15) is 9.59 Å². The molecule has 7 nitrogen and oxygen atoms in total. The summed E-state index contributed by atoms with van der Waals surface area (Å²) in [7, 11) is 3.46. The van der Waals surface area contributed by atoms with Gasteiger partial charge in [-0.15, -0.1) is 0 Å². The molecule has 0 N–H and O–H groups in total. The number of hydrogen-bond donors (Lipinski definition) is 0. The summed E-state index contributed by atoms with van der Waals surface area (Å²) in [5, 5.41) is 13.3. The van der Waals surface area contributed by atoms with Crippen LogP contribution in [0.1, 0.15) is 24.0 Å². The Bertz CT molecular complexity index is 851. The molecule has 1 unspecified atom stereocenters. The van der Waals surface area contributed by atoms with E-state index in [1.807, 2.05) is 6.07 Å². The maximum absolute atomic E-state index is 12.9. The predicted octanol–water partition coefficient (Wildman–Crippen LogP) is 1.45. The van der Waals surface area contributed by atoms with Gasteiger partial charge in [-0.2, -0.15) is 10.4 Å². The third-order valence-electron chi connectivity index (χ3n) is 4.40. The number of nitriles is 1. The molecule has 2 heterocycles. The van der Waals surface area contributed by atoms with Crippen LogP contribution in [0.2, 0.25) is 0 Å². The summed E-state index contributed by atoms with van der Waals surface area (Å²) in [6, 6.07) is 10.4. The van der Waals surface area contributed by atoms with Gasteiger partial charge in [0, 0.05) is 39.3 Å². The van der Waals surface area contributed by atoms with Gasteiger partial charge in [-0.25, -0.2) is 0 Å². The summed E-state index contributed by atoms with van der Waals surface area (Å²) in [6.07, 6.45) is 2.61. The second-order valence-electron chi connectivity index (χ2n) is 6.13. The zero-order valence-electron chi connectivity index (χ0n) is 14.2. The van der Waals surface area contributed by atoms with Crippen molar-refractivity contribution >= 4 is 17.6 Å². The zero-order chi connectivity index (χ0) is 18.0. The second-order valence-corrected chi connectivity index (χ2v) is 6.13. The van der Waals surface area contributed by atoms with Crippen molar-refractivity contribution in [3.63, 3.8) is 0 Å². The monoisotopic (exact) mass is 337 g/mol. The highest BCUT2D eigenvalue weighted by Crippen LogP contribution is 2.24. The van der Waals surface area contributed by atoms with Gasteiger partial charge in [0.1, 0.15) is 6.04 Å². The molecular weight excluding hydrogens is 318 g/mol. The van der Waals surface area contributed by atoms with Gasteiger partial charge >= 0.3 is 0 Å². The average molecular weight is 337 g/mol. The second kappa shape index (κ2) is 6.77. The van der Waals surface area contributed by atoms with Crippen LogP contribution < -0.4 is 4.90 Å². The van der Waals surface area contributed by atoms with Gasteiger partial charge in [0.05, 0.1) is 11.6 Å². The number of carbonyl (C=O) groups excluding carboxylic acids is 2. The molecule has 25 heavy (non-hydrogen) atoms. The fourth-order valence-corrected chi connectivity index (χ4v) is 3.04. The first-order chi connectivity index (χ1) is 12.0. The van der Waals surface area contributed by atoms with E-state index in [0.29, 0.717) is 30.8 Å². The van der Waals surface area contributed by atoms with E-state index in [4.69, 9.17) is 5.26 Å². The largest absolute Gasteiger partial charge is 0.326 e. The van der Waals surface area contributed by atoms with Crippen LogP contribution in [0.15, 0.2) is 36.5 Å². The molecular formula is C18H19N5O2. The molecule has 0 aliphatic carbocycles. The number of hydrogen-bond acceptors (Lipinski definition) is 4. The molecule has 0 spiro atoms. The van der Waals surface area contributed by atoms with Crippen LogP contribution in [0, 0.1) is 11.3 Å². The van der Waals surface area contributed by atoms with E-state index in [-0.39, 0.29) is 11.8 Å². The Hall–Kier alpha value is -3.14. The van der Waals surface area contributed by atoms with Crippen molar-refractivity contribution in [3.8, 4) is 6.07 Å². The summed E-state index contributed by atoms with van der Waals surface area (Å²) in [5.74, 6) is 0.356. The number of benzene rings is 1. The first-order valence-corrected chi connectivity index (χ1v) is 8.05. The fourth-order valence-electron chi connectivity index (χ4n) is 3.04. The van der Waals surface area contributed by atoms with Gasteiger partial charge < -0.3 is 4.90 Å². The number of likely N-dealkylation sites (tertiary alicyclic amines) is 1. The first kappa shape index (κ1) is 16.7. The molecule has 0 bridgehead atoms. The minimum absolute atomic E-state index is 0.0462. The Labute approximate surface area is 146 Å². The molecule has 1 aliphatic heterocycles. The fraction of sp³-hybridized carbons (Fsp3) is 0.333. The number of rotatable bonds is 4. The normalized spacial score (nSPS) is 16.8. The Balaban J connectivity index is 1.79. The number of anilines is 1. The van der Waals surface area contributed by atoms with E-state index in [0.717, 1.165) is 5.56 Å². The molecule has 1 fully saturated rings. The highest BCUT2D eigenvalue weighted by atomic mass is 16.2. The average Bonchev–Trinajstić information content (AvgIpc) is 3.20. The zero-order valence-corrected chi connectivity index (χ0v) is 14.2. The van der Waals surface area contributed by atoms with Crippen molar-refractivity contribution in [1.29, 1.82) is 5.26 Å². The van der Waals surface area contributed by atoms with Gasteiger partial charge in [-0.05, 0) is 24.1 Å². The van der Waals surface area contributed by atoms with E-state index >= 15 is 0 Å². The SMILES string of the molecule is CN(C(=O)C1CCC(=O)N1Cc1cccc(C#N)c1)c1ccn(C)n1. The lowest BCUT2D eigenvalue weighted by Crippen LogP contribution is -2.45. The molecule has 1 atom stereocenters. The van der Waals surface area contributed by atoms with Crippen molar-refractivity contribution in [3.05, 3.63) is 47.7 Å². The van der Waals surface area contributed by atoms with Crippen LogP contribution in [0.4, 0.5) is 5.82 Å². The van der Waals surface area contributed by atoms with Crippen molar-refractivity contribution in [2.75, 3.05) is 11.9 Å². The minimum Gasteiger partial charge on any atom is -0.326 e. The topological polar surface area (TPSA) is 82.2 Å². The molecule has 7 heteroatoms. The van der Waals surface area contributed by atoms with Crippen LogP contribution >= 0.6 is 0 Å². The summed E-state index contributed by atoms with van der Waals surface area (Å²) in [4.78, 5) is 28.2. The van der Waals surface area contributed by atoms with Crippen molar-refractivity contribution in [2.45, 2.75) is 25.4 Å². The Morgan fingerprint density at radius 2 is 2.24 bits per heavy atom. The minimum atomic E-state index is -0.509. The summed E-state index contributed by atoms with van der Waals surface area (Å²) >= 11 is 0. The third kappa shape index (κ3) is 3.38. The lowest BCUT2D eigenvalue weighted by Gasteiger charge is -2.27. The number of nitrogens with zero attached hydrogens (tertiary/aromatic N) is 5. The number of aryl methyl sites for hydroxylation is 1. The Kier molecular flexibility index (Phi) is 4.52. The van der Waals surface area contributed by atoms with E-state index in [1.165, 1.54) is 4.90 Å². The van der Waals surface area contributed by atoms with Crippen LogP contribution in [-0.2, 0) is 23.2 Å². The summed E-state index contributed by atoms with van der Waals surface area (Å²) < 4.78 is 1.63. The number of carbonyl (C=O) groups is 2. The standard InChI is InChI=1S/C18H19N5O2/c1-21-9-8-16(20-21)22(2)18(25)15-6-7-17(24)23(15)12-14-5-3-4-13(10-14)11-19/h3-5,8-10,15H,6-7,12H2,1-2H3. The smallest absolute Gasteiger partial charge is 0.250 e. The summed E-state index contributed by atoms with van der Waals surface area (Å²) in [5.41, 5.74) is 1.38. The number of amides is 2.